The zero-order chi connectivity index (χ0) is 23.9. The summed E-state index contributed by atoms with van der Waals surface area (Å²) in [5.41, 5.74) is 6.89. The predicted molar refractivity (Wildman–Crippen MR) is 116 cm³/mol. The van der Waals surface area contributed by atoms with Gasteiger partial charge in [-0.1, -0.05) is 23.4 Å². The fourth-order valence-corrected chi connectivity index (χ4v) is 4.73. The third-order valence-corrected chi connectivity index (χ3v) is 6.87. The number of sulfonamides is 1. The van der Waals surface area contributed by atoms with Gasteiger partial charge in [0.05, 0.1) is 30.0 Å². The standard InChI is InChI=1S/C19H21N9O5S/c20-17-14-18(22-9-21-17)28(10-23-14)19-16(30)15(29)13(33-19)8-27-7-11(25-26-27)6-24-34(31,32)12-4-2-1-3-5-12/h1-5,7,9-10,13,15-16,19,24,29-30H,6,8H2,(H2,20,21,22)/t13-,15-,16-,19-/m1/s1. The molecule has 0 saturated carbocycles. The van der Waals surface area contributed by atoms with E-state index < -0.39 is 34.6 Å². The van der Waals surface area contributed by atoms with E-state index in [0.29, 0.717) is 16.9 Å². The summed E-state index contributed by atoms with van der Waals surface area (Å²) < 4.78 is 36.0. The Morgan fingerprint density at radius 3 is 2.71 bits per heavy atom. The average molecular weight is 488 g/mol. The summed E-state index contributed by atoms with van der Waals surface area (Å²) in [7, 11) is -3.69. The van der Waals surface area contributed by atoms with E-state index in [2.05, 4.69) is 30.0 Å². The maximum absolute atomic E-state index is 12.4. The van der Waals surface area contributed by atoms with Gasteiger partial charge in [0.1, 0.15) is 30.2 Å². The highest BCUT2D eigenvalue weighted by Crippen LogP contribution is 2.32. The number of nitrogen functional groups attached to an aromatic ring is 1. The average Bonchev–Trinajstić information content (AvgIpc) is 3.54. The van der Waals surface area contributed by atoms with Crippen LogP contribution in [-0.2, 0) is 27.8 Å². The van der Waals surface area contributed by atoms with Crippen molar-refractivity contribution in [1.29, 1.82) is 0 Å². The molecule has 5 rings (SSSR count). The molecule has 1 aliphatic rings. The molecule has 1 fully saturated rings. The van der Waals surface area contributed by atoms with Gasteiger partial charge < -0.3 is 20.7 Å². The van der Waals surface area contributed by atoms with E-state index >= 15 is 0 Å². The number of aromatic nitrogens is 7. The zero-order valence-corrected chi connectivity index (χ0v) is 18.4. The number of fused-ring (bicyclic) bond motifs is 1. The van der Waals surface area contributed by atoms with Gasteiger partial charge in [0, 0.05) is 6.20 Å². The molecule has 5 N–H and O–H groups in total. The molecule has 34 heavy (non-hydrogen) atoms. The number of hydrogen-bond acceptors (Lipinski definition) is 11. The number of aliphatic hydroxyl groups excluding tert-OH is 2. The third kappa shape index (κ3) is 4.10. The van der Waals surface area contributed by atoms with Crippen LogP contribution >= 0.6 is 0 Å². The third-order valence-electron chi connectivity index (χ3n) is 5.45. The summed E-state index contributed by atoms with van der Waals surface area (Å²) in [6, 6.07) is 7.97. The highest BCUT2D eigenvalue weighted by Gasteiger charge is 2.44. The van der Waals surface area contributed by atoms with Crippen LogP contribution < -0.4 is 10.5 Å². The van der Waals surface area contributed by atoms with Gasteiger partial charge in [-0.15, -0.1) is 5.10 Å². The van der Waals surface area contributed by atoms with Gasteiger partial charge in [-0.25, -0.2) is 32.8 Å². The Balaban J connectivity index is 1.26. The van der Waals surface area contributed by atoms with E-state index in [1.54, 1.807) is 18.2 Å². The van der Waals surface area contributed by atoms with E-state index in [-0.39, 0.29) is 23.8 Å². The highest BCUT2D eigenvalue weighted by atomic mass is 32.2. The first-order chi connectivity index (χ1) is 16.3. The lowest BCUT2D eigenvalue weighted by Crippen LogP contribution is -2.33. The molecule has 0 aliphatic carbocycles. The highest BCUT2D eigenvalue weighted by molar-refractivity contribution is 7.89. The van der Waals surface area contributed by atoms with Crippen molar-refractivity contribution in [1.82, 2.24) is 39.2 Å². The summed E-state index contributed by atoms with van der Waals surface area (Å²) in [6.07, 6.45) is -0.0690. The van der Waals surface area contributed by atoms with Gasteiger partial charge >= 0.3 is 0 Å². The van der Waals surface area contributed by atoms with E-state index in [0.717, 1.165) is 0 Å². The van der Waals surface area contributed by atoms with Crippen LogP contribution in [0.1, 0.15) is 11.9 Å². The smallest absolute Gasteiger partial charge is 0.240 e. The SMILES string of the molecule is Nc1ncnc2c1ncn2[C@@H]1O[C@H](Cn2cc(CNS(=O)(=O)c3ccccc3)nn2)[C@@H](O)[C@H]1O. The second kappa shape index (κ2) is 8.69. The lowest BCUT2D eigenvalue weighted by Gasteiger charge is -2.16. The van der Waals surface area contributed by atoms with Gasteiger partial charge in [0.15, 0.2) is 17.7 Å². The molecular formula is C19H21N9O5S. The monoisotopic (exact) mass is 487 g/mol. The molecule has 1 saturated heterocycles. The van der Waals surface area contributed by atoms with Crippen molar-refractivity contribution in [3.05, 3.63) is 54.9 Å². The van der Waals surface area contributed by atoms with Gasteiger partial charge in [-0.05, 0) is 12.1 Å². The van der Waals surface area contributed by atoms with Crippen molar-refractivity contribution >= 4 is 27.0 Å². The minimum atomic E-state index is -3.69. The number of nitrogens with one attached hydrogen (secondary N) is 1. The number of ether oxygens (including phenoxy) is 1. The molecular weight excluding hydrogens is 466 g/mol. The van der Waals surface area contributed by atoms with Crippen molar-refractivity contribution in [3.63, 3.8) is 0 Å². The number of rotatable bonds is 7. The Hall–Kier alpha value is -3.50. The largest absolute Gasteiger partial charge is 0.387 e. The molecule has 4 aromatic rings. The van der Waals surface area contributed by atoms with Gasteiger partial charge in [-0.3, -0.25) is 4.57 Å². The summed E-state index contributed by atoms with van der Waals surface area (Å²) >= 11 is 0. The second-order valence-electron chi connectivity index (χ2n) is 7.70. The van der Waals surface area contributed by atoms with E-state index in [1.165, 1.54) is 40.2 Å². The van der Waals surface area contributed by atoms with E-state index in [9.17, 15) is 18.6 Å². The molecule has 4 atom stereocenters. The Morgan fingerprint density at radius 1 is 1.12 bits per heavy atom. The minimum Gasteiger partial charge on any atom is -0.387 e. The van der Waals surface area contributed by atoms with Crippen molar-refractivity contribution in [2.45, 2.75) is 42.5 Å². The van der Waals surface area contributed by atoms with Crippen LogP contribution in [-0.4, -0.2) is 71.5 Å². The van der Waals surface area contributed by atoms with Crippen molar-refractivity contribution in [2.24, 2.45) is 0 Å². The number of aliphatic hydroxyl groups is 2. The lowest BCUT2D eigenvalue weighted by molar-refractivity contribution is -0.0403. The Kier molecular flexibility index (Phi) is 5.70. The molecule has 4 heterocycles. The topological polar surface area (TPSA) is 196 Å². The number of hydrogen-bond donors (Lipinski definition) is 4. The molecule has 15 heteroatoms. The van der Waals surface area contributed by atoms with E-state index in [4.69, 9.17) is 10.5 Å². The Labute approximate surface area is 193 Å². The first-order valence-corrected chi connectivity index (χ1v) is 11.7. The van der Waals surface area contributed by atoms with Crippen molar-refractivity contribution in [3.8, 4) is 0 Å². The fraction of sp³-hybridized carbons (Fsp3) is 0.316. The summed E-state index contributed by atoms with van der Waals surface area (Å²) in [6.45, 7) is -0.00434. The van der Waals surface area contributed by atoms with Gasteiger partial charge in [0.25, 0.3) is 0 Å². The van der Waals surface area contributed by atoms with Crippen molar-refractivity contribution < 1.29 is 23.4 Å². The first-order valence-electron chi connectivity index (χ1n) is 10.2. The normalized spacial score (nSPS) is 23.0. The molecule has 1 aromatic carbocycles. The Bertz CT molecular complexity index is 1410. The number of imidazole rings is 1. The van der Waals surface area contributed by atoms with Crippen molar-refractivity contribution in [2.75, 3.05) is 5.73 Å². The molecule has 0 unspecified atom stereocenters. The molecule has 1 aliphatic heterocycles. The summed E-state index contributed by atoms with van der Waals surface area (Å²) in [5.74, 6) is 0.186. The first kappa shape index (κ1) is 22.3. The van der Waals surface area contributed by atoms with Crippen LogP contribution in [0.2, 0.25) is 0 Å². The molecule has 0 radical (unpaired) electrons. The van der Waals surface area contributed by atoms with Crippen LogP contribution in [0, 0.1) is 0 Å². The zero-order valence-electron chi connectivity index (χ0n) is 17.6. The molecule has 0 amide bonds. The number of nitrogens with zero attached hydrogens (tertiary/aromatic N) is 7. The Morgan fingerprint density at radius 2 is 1.91 bits per heavy atom. The quantitative estimate of drug-likeness (QED) is 0.244. The van der Waals surface area contributed by atoms with Crippen LogP contribution in [0.15, 0.2) is 54.1 Å². The van der Waals surface area contributed by atoms with Gasteiger partial charge in [-0.2, -0.15) is 0 Å². The van der Waals surface area contributed by atoms with Gasteiger partial charge in [0.2, 0.25) is 10.0 Å². The van der Waals surface area contributed by atoms with Crippen LogP contribution in [0.3, 0.4) is 0 Å². The summed E-state index contributed by atoms with van der Waals surface area (Å²) in [4.78, 5) is 12.3. The van der Waals surface area contributed by atoms with Crippen LogP contribution in [0.5, 0.6) is 0 Å². The maximum atomic E-state index is 12.4. The van der Waals surface area contributed by atoms with Crippen LogP contribution in [0.25, 0.3) is 11.2 Å². The second-order valence-corrected chi connectivity index (χ2v) is 9.47. The number of nitrogens with two attached hydrogens (primary N) is 1. The number of benzene rings is 1. The van der Waals surface area contributed by atoms with Crippen LogP contribution in [0.4, 0.5) is 5.82 Å². The fourth-order valence-electron chi connectivity index (χ4n) is 3.71. The predicted octanol–water partition coefficient (Wildman–Crippen LogP) is -1.20. The molecule has 3 aromatic heterocycles. The van der Waals surface area contributed by atoms with E-state index in [1.807, 2.05) is 0 Å². The number of anilines is 1. The molecule has 178 valence electrons. The molecule has 14 nitrogen and oxygen atoms in total. The molecule has 0 bridgehead atoms. The molecule has 0 spiro atoms. The minimum absolute atomic E-state index is 0.0664. The lowest BCUT2D eigenvalue weighted by atomic mass is 10.1. The maximum Gasteiger partial charge on any atom is 0.240 e. The summed E-state index contributed by atoms with van der Waals surface area (Å²) in [5, 5.41) is 29.0.